The first-order valence-corrected chi connectivity index (χ1v) is 7.92. The van der Waals surface area contributed by atoms with E-state index in [0.717, 1.165) is 53.4 Å². The molecule has 0 aliphatic heterocycles. The second-order valence-corrected chi connectivity index (χ2v) is 5.45. The van der Waals surface area contributed by atoms with Crippen LogP contribution < -0.4 is 10.5 Å². The van der Waals surface area contributed by atoms with E-state index in [-0.39, 0.29) is 0 Å². The second-order valence-electron chi connectivity index (χ2n) is 5.45. The van der Waals surface area contributed by atoms with Crippen LogP contribution in [0.1, 0.15) is 19.8 Å². The number of nitrogens with two attached hydrogens (primary N) is 1. The number of anilines is 1. The fourth-order valence-electron chi connectivity index (χ4n) is 2.47. The normalized spacial score (nSPS) is 10.7. The molecule has 0 atom stereocenters. The van der Waals surface area contributed by atoms with Crippen molar-refractivity contribution in [1.82, 2.24) is 10.2 Å². The molecule has 0 saturated carbocycles. The first kappa shape index (κ1) is 15.2. The highest BCUT2D eigenvalue weighted by molar-refractivity contribution is 5.77. The molecule has 3 N–H and O–H groups in total. The molecule has 0 unspecified atom stereocenters. The summed E-state index contributed by atoms with van der Waals surface area (Å²) in [5.74, 6) is 0.861. The van der Waals surface area contributed by atoms with Gasteiger partial charge in [0.2, 0.25) is 0 Å². The van der Waals surface area contributed by atoms with E-state index in [0.29, 0.717) is 0 Å². The molecule has 4 nitrogen and oxygen atoms in total. The molecule has 0 bridgehead atoms. The molecule has 3 rings (SSSR count). The SMILES string of the molecule is CCCCOc1ccccc1-c1cc(-c2ccccc2N)[nH]n1. The smallest absolute Gasteiger partial charge is 0.128 e. The van der Waals surface area contributed by atoms with Gasteiger partial charge in [-0.05, 0) is 30.7 Å². The zero-order chi connectivity index (χ0) is 16.1. The molecule has 118 valence electrons. The van der Waals surface area contributed by atoms with Crippen LogP contribution >= 0.6 is 0 Å². The number of aromatic nitrogens is 2. The van der Waals surface area contributed by atoms with E-state index in [1.807, 2.05) is 54.6 Å². The van der Waals surface area contributed by atoms with E-state index in [1.54, 1.807) is 0 Å². The van der Waals surface area contributed by atoms with Crippen molar-refractivity contribution in [1.29, 1.82) is 0 Å². The van der Waals surface area contributed by atoms with Gasteiger partial charge < -0.3 is 10.5 Å². The summed E-state index contributed by atoms with van der Waals surface area (Å²) in [5.41, 5.74) is 10.5. The van der Waals surface area contributed by atoms with Gasteiger partial charge in [0.25, 0.3) is 0 Å². The van der Waals surface area contributed by atoms with Crippen molar-refractivity contribution < 1.29 is 4.74 Å². The fraction of sp³-hybridized carbons (Fsp3) is 0.211. The summed E-state index contributed by atoms with van der Waals surface area (Å²) in [6, 6.07) is 17.7. The third kappa shape index (κ3) is 3.37. The number of hydrogen-bond acceptors (Lipinski definition) is 3. The Morgan fingerprint density at radius 2 is 1.78 bits per heavy atom. The topological polar surface area (TPSA) is 63.9 Å². The lowest BCUT2D eigenvalue weighted by molar-refractivity contribution is 0.310. The third-order valence-corrected chi connectivity index (χ3v) is 3.75. The Labute approximate surface area is 136 Å². The van der Waals surface area contributed by atoms with Gasteiger partial charge in [-0.25, -0.2) is 0 Å². The number of hydrogen-bond donors (Lipinski definition) is 2. The van der Waals surface area contributed by atoms with Crippen molar-refractivity contribution in [3.8, 4) is 28.3 Å². The number of ether oxygens (including phenoxy) is 1. The summed E-state index contributed by atoms with van der Waals surface area (Å²) in [6.45, 7) is 2.87. The van der Waals surface area contributed by atoms with Crippen LogP contribution in [0.4, 0.5) is 5.69 Å². The minimum absolute atomic E-state index is 0.719. The summed E-state index contributed by atoms with van der Waals surface area (Å²) in [7, 11) is 0. The Morgan fingerprint density at radius 3 is 2.57 bits per heavy atom. The average molecular weight is 307 g/mol. The van der Waals surface area contributed by atoms with E-state index in [1.165, 1.54) is 0 Å². The predicted molar refractivity (Wildman–Crippen MR) is 94.3 cm³/mol. The lowest BCUT2D eigenvalue weighted by Gasteiger charge is -2.09. The van der Waals surface area contributed by atoms with E-state index in [9.17, 15) is 0 Å². The Kier molecular flexibility index (Phi) is 4.62. The molecule has 1 heterocycles. The first-order chi connectivity index (χ1) is 11.3. The molecule has 0 aliphatic rings. The molecule has 0 radical (unpaired) electrons. The summed E-state index contributed by atoms with van der Waals surface area (Å²) in [4.78, 5) is 0. The quantitative estimate of drug-likeness (QED) is 0.520. The lowest BCUT2D eigenvalue weighted by atomic mass is 10.1. The van der Waals surface area contributed by atoms with Gasteiger partial charge in [-0.3, -0.25) is 5.10 Å². The number of benzene rings is 2. The zero-order valence-electron chi connectivity index (χ0n) is 13.3. The number of para-hydroxylation sites is 2. The number of nitrogen functional groups attached to an aromatic ring is 1. The predicted octanol–water partition coefficient (Wildman–Crippen LogP) is 4.50. The van der Waals surface area contributed by atoms with Crippen LogP contribution in [0, 0.1) is 0 Å². The summed E-state index contributed by atoms with van der Waals surface area (Å²) in [6.07, 6.45) is 2.16. The summed E-state index contributed by atoms with van der Waals surface area (Å²) >= 11 is 0. The highest BCUT2D eigenvalue weighted by Crippen LogP contribution is 2.32. The molecular weight excluding hydrogens is 286 g/mol. The second kappa shape index (κ2) is 7.01. The average Bonchev–Trinajstić information content (AvgIpc) is 3.05. The van der Waals surface area contributed by atoms with E-state index in [4.69, 9.17) is 10.5 Å². The van der Waals surface area contributed by atoms with Gasteiger partial charge in [0, 0.05) is 16.8 Å². The van der Waals surface area contributed by atoms with Crippen molar-refractivity contribution in [2.75, 3.05) is 12.3 Å². The summed E-state index contributed by atoms with van der Waals surface area (Å²) in [5, 5.41) is 7.50. The molecule has 2 aromatic carbocycles. The molecule has 3 aromatic rings. The molecule has 0 saturated heterocycles. The maximum absolute atomic E-state index is 6.04. The Morgan fingerprint density at radius 1 is 1.04 bits per heavy atom. The minimum atomic E-state index is 0.719. The number of H-pyrrole nitrogens is 1. The van der Waals surface area contributed by atoms with E-state index < -0.39 is 0 Å². The zero-order valence-corrected chi connectivity index (χ0v) is 13.3. The lowest BCUT2D eigenvalue weighted by Crippen LogP contribution is -1.98. The Hall–Kier alpha value is -2.75. The molecule has 0 fully saturated rings. The number of nitrogens with one attached hydrogen (secondary N) is 1. The summed E-state index contributed by atoms with van der Waals surface area (Å²) < 4.78 is 5.89. The van der Waals surface area contributed by atoms with Crippen LogP contribution in [-0.4, -0.2) is 16.8 Å². The molecule has 23 heavy (non-hydrogen) atoms. The largest absolute Gasteiger partial charge is 0.493 e. The molecular formula is C19H21N3O. The maximum Gasteiger partial charge on any atom is 0.128 e. The van der Waals surface area contributed by atoms with Crippen LogP contribution in [0.3, 0.4) is 0 Å². The monoisotopic (exact) mass is 307 g/mol. The van der Waals surface area contributed by atoms with Gasteiger partial charge in [-0.2, -0.15) is 5.10 Å². The van der Waals surface area contributed by atoms with Gasteiger partial charge in [-0.1, -0.05) is 43.7 Å². The third-order valence-electron chi connectivity index (χ3n) is 3.75. The van der Waals surface area contributed by atoms with E-state index in [2.05, 4.69) is 17.1 Å². The molecule has 1 aromatic heterocycles. The molecule has 0 aliphatic carbocycles. The highest BCUT2D eigenvalue weighted by atomic mass is 16.5. The first-order valence-electron chi connectivity index (χ1n) is 7.92. The minimum Gasteiger partial charge on any atom is -0.493 e. The Bertz CT molecular complexity index is 780. The van der Waals surface area contributed by atoms with Crippen LogP contribution in [0.15, 0.2) is 54.6 Å². The van der Waals surface area contributed by atoms with Crippen molar-refractivity contribution in [2.45, 2.75) is 19.8 Å². The number of rotatable bonds is 6. The van der Waals surface area contributed by atoms with Gasteiger partial charge in [0.1, 0.15) is 5.75 Å². The van der Waals surface area contributed by atoms with Gasteiger partial charge in [0.05, 0.1) is 18.0 Å². The van der Waals surface area contributed by atoms with Crippen LogP contribution in [0.5, 0.6) is 5.75 Å². The van der Waals surface area contributed by atoms with Gasteiger partial charge >= 0.3 is 0 Å². The van der Waals surface area contributed by atoms with Crippen LogP contribution in [0.2, 0.25) is 0 Å². The van der Waals surface area contributed by atoms with Crippen molar-refractivity contribution in [2.24, 2.45) is 0 Å². The number of aromatic amines is 1. The maximum atomic E-state index is 6.04. The highest BCUT2D eigenvalue weighted by Gasteiger charge is 2.11. The van der Waals surface area contributed by atoms with Crippen LogP contribution in [0.25, 0.3) is 22.5 Å². The van der Waals surface area contributed by atoms with Crippen molar-refractivity contribution >= 4 is 5.69 Å². The molecule has 0 spiro atoms. The molecule has 4 heteroatoms. The van der Waals surface area contributed by atoms with Gasteiger partial charge in [0.15, 0.2) is 0 Å². The van der Waals surface area contributed by atoms with Crippen LogP contribution in [-0.2, 0) is 0 Å². The number of nitrogens with zero attached hydrogens (tertiary/aromatic N) is 1. The standard InChI is InChI=1S/C19H21N3O/c1-2-3-12-23-19-11-7-5-9-15(19)18-13-17(21-22-18)14-8-4-6-10-16(14)20/h4-11,13H,2-3,12,20H2,1H3,(H,21,22). The molecule has 0 amide bonds. The van der Waals surface area contributed by atoms with E-state index >= 15 is 0 Å². The van der Waals surface area contributed by atoms with Crippen molar-refractivity contribution in [3.63, 3.8) is 0 Å². The fourth-order valence-corrected chi connectivity index (χ4v) is 2.47. The Balaban J connectivity index is 1.90. The van der Waals surface area contributed by atoms with Crippen molar-refractivity contribution in [3.05, 3.63) is 54.6 Å². The number of unbranched alkanes of at least 4 members (excludes halogenated alkanes) is 1. The van der Waals surface area contributed by atoms with Gasteiger partial charge in [-0.15, -0.1) is 0 Å².